The number of benzene rings is 1. The van der Waals surface area contributed by atoms with E-state index in [9.17, 15) is 13.2 Å². The molecule has 1 saturated carbocycles. The number of hydrogen-bond acceptors (Lipinski definition) is 9. The SMILES string of the molecule is CC(C)OC(=O)NC1CCC(c2ncc(-c3ccc(Nc4cn(C)nn4)cc3S(=O)(=O)C(C)C)s2)CC1. The molecule has 3 aromatic rings. The van der Waals surface area contributed by atoms with Gasteiger partial charge in [-0.05, 0) is 65.5 Å². The zero-order valence-corrected chi connectivity index (χ0v) is 23.4. The van der Waals surface area contributed by atoms with Crippen LogP contribution in [-0.2, 0) is 21.6 Å². The van der Waals surface area contributed by atoms with Gasteiger partial charge < -0.3 is 15.4 Å². The van der Waals surface area contributed by atoms with Crippen LogP contribution in [0.15, 0.2) is 35.5 Å². The molecule has 1 aliphatic carbocycles. The van der Waals surface area contributed by atoms with Crippen LogP contribution >= 0.6 is 11.3 Å². The molecule has 0 atom stereocenters. The smallest absolute Gasteiger partial charge is 0.407 e. The second-order valence-corrected chi connectivity index (χ2v) is 13.5. The third-order valence-electron chi connectivity index (χ3n) is 6.31. The second kappa shape index (κ2) is 11.2. The fourth-order valence-electron chi connectivity index (χ4n) is 4.35. The van der Waals surface area contributed by atoms with E-state index in [2.05, 4.69) is 25.9 Å². The first-order valence-corrected chi connectivity index (χ1v) is 14.8. The lowest BCUT2D eigenvalue weighted by Gasteiger charge is -2.28. The predicted octanol–water partition coefficient (Wildman–Crippen LogP) is 5.03. The molecule has 0 spiro atoms. The molecule has 10 nitrogen and oxygen atoms in total. The van der Waals surface area contributed by atoms with Crippen molar-refractivity contribution in [2.45, 2.75) is 81.6 Å². The number of hydrogen-bond donors (Lipinski definition) is 2. The van der Waals surface area contributed by atoms with E-state index in [4.69, 9.17) is 4.74 Å². The summed E-state index contributed by atoms with van der Waals surface area (Å²) in [6.45, 7) is 7.03. The number of ether oxygens (including phenoxy) is 1. The highest BCUT2D eigenvalue weighted by atomic mass is 32.2. The Labute approximate surface area is 221 Å². The van der Waals surface area contributed by atoms with Gasteiger partial charge in [-0.3, -0.25) is 4.68 Å². The molecular formula is C25H34N6O4S2. The molecule has 12 heteroatoms. The first kappa shape index (κ1) is 27.1. The van der Waals surface area contributed by atoms with Crippen molar-refractivity contribution >= 4 is 38.8 Å². The molecule has 200 valence electrons. The predicted molar refractivity (Wildman–Crippen MR) is 144 cm³/mol. The van der Waals surface area contributed by atoms with E-state index in [1.807, 2.05) is 26.0 Å². The summed E-state index contributed by atoms with van der Waals surface area (Å²) in [6.07, 6.45) is 6.48. The van der Waals surface area contributed by atoms with Crippen LogP contribution in [0.25, 0.3) is 10.4 Å². The molecule has 0 unspecified atom stereocenters. The first-order valence-electron chi connectivity index (χ1n) is 12.5. The molecule has 0 aliphatic heterocycles. The molecule has 1 aromatic carbocycles. The van der Waals surface area contributed by atoms with E-state index in [-0.39, 0.29) is 29.1 Å². The van der Waals surface area contributed by atoms with Gasteiger partial charge in [0.2, 0.25) is 0 Å². The Kier molecular flexibility index (Phi) is 8.17. The highest BCUT2D eigenvalue weighted by Gasteiger charge is 2.28. The molecule has 37 heavy (non-hydrogen) atoms. The van der Waals surface area contributed by atoms with Gasteiger partial charge in [-0.1, -0.05) is 11.3 Å². The summed E-state index contributed by atoms with van der Waals surface area (Å²) in [5.74, 6) is 0.812. The number of anilines is 2. The van der Waals surface area contributed by atoms with Crippen molar-refractivity contribution in [2.24, 2.45) is 7.05 Å². The van der Waals surface area contributed by atoms with Gasteiger partial charge in [-0.15, -0.1) is 16.4 Å². The molecule has 1 aliphatic rings. The minimum Gasteiger partial charge on any atom is -0.447 e. The van der Waals surface area contributed by atoms with Crippen LogP contribution in [0.4, 0.5) is 16.3 Å². The van der Waals surface area contributed by atoms with E-state index in [1.165, 1.54) is 11.3 Å². The zero-order chi connectivity index (χ0) is 26.7. The molecule has 1 fully saturated rings. The van der Waals surface area contributed by atoms with Crippen LogP contribution < -0.4 is 10.6 Å². The van der Waals surface area contributed by atoms with Crippen molar-refractivity contribution in [3.8, 4) is 10.4 Å². The third kappa shape index (κ3) is 6.48. The van der Waals surface area contributed by atoms with Crippen molar-refractivity contribution in [2.75, 3.05) is 5.32 Å². The van der Waals surface area contributed by atoms with Crippen molar-refractivity contribution in [3.63, 3.8) is 0 Å². The molecule has 1 amide bonds. The number of nitrogens with one attached hydrogen (secondary N) is 2. The van der Waals surface area contributed by atoms with E-state index >= 15 is 0 Å². The monoisotopic (exact) mass is 546 g/mol. The van der Waals surface area contributed by atoms with Crippen molar-refractivity contribution in [1.82, 2.24) is 25.3 Å². The fraction of sp³-hybridized carbons (Fsp3) is 0.520. The quantitative estimate of drug-likeness (QED) is 0.403. The van der Waals surface area contributed by atoms with Crippen LogP contribution in [0, 0.1) is 0 Å². The molecule has 2 heterocycles. The van der Waals surface area contributed by atoms with Gasteiger partial charge in [0.15, 0.2) is 15.7 Å². The van der Waals surface area contributed by atoms with Gasteiger partial charge >= 0.3 is 6.09 Å². The number of alkyl carbamates (subject to hydrolysis) is 1. The Morgan fingerprint density at radius 3 is 2.51 bits per heavy atom. The average molecular weight is 547 g/mol. The number of carbonyl (C=O) groups excluding carboxylic acids is 1. The number of aryl methyl sites for hydroxylation is 1. The average Bonchev–Trinajstić information content (AvgIpc) is 3.48. The van der Waals surface area contributed by atoms with Crippen LogP contribution in [0.2, 0.25) is 0 Å². The number of nitrogens with zero attached hydrogens (tertiary/aromatic N) is 4. The topological polar surface area (TPSA) is 128 Å². The highest BCUT2D eigenvalue weighted by Crippen LogP contribution is 2.40. The largest absolute Gasteiger partial charge is 0.447 e. The number of rotatable bonds is 8. The second-order valence-electron chi connectivity index (χ2n) is 9.92. The van der Waals surface area contributed by atoms with Gasteiger partial charge in [-0.2, -0.15) is 0 Å². The standard InChI is InChI=1S/C25H34N6O4S2/c1-15(2)35-25(32)28-18-8-6-17(7-9-18)24-26-13-21(36-24)20-11-10-19(27-23-14-31(5)30-29-23)12-22(20)37(33,34)16(3)4/h10-18,27H,6-9H2,1-5H3,(H,28,32). The van der Waals surface area contributed by atoms with E-state index in [0.29, 0.717) is 17.1 Å². The Hall–Kier alpha value is -2.99. The normalized spacial score (nSPS) is 18.2. The summed E-state index contributed by atoms with van der Waals surface area (Å²) in [6, 6.07) is 5.42. The summed E-state index contributed by atoms with van der Waals surface area (Å²) < 4.78 is 33.4. The third-order valence-corrected chi connectivity index (χ3v) is 9.70. The molecule has 2 N–H and O–H groups in total. The Balaban J connectivity index is 1.53. The summed E-state index contributed by atoms with van der Waals surface area (Å²) in [5, 5.41) is 14.4. The molecule has 0 saturated heterocycles. The lowest BCUT2D eigenvalue weighted by Crippen LogP contribution is -2.38. The molecular weight excluding hydrogens is 512 g/mol. The summed E-state index contributed by atoms with van der Waals surface area (Å²) in [5.41, 5.74) is 1.27. The molecule has 4 rings (SSSR count). The van der Waals surface area contributed by atoms with Gasteiger partial charge in [0, 0.05) is 36.5 Å². The van der Waals surface area contributed by atoms with E-state index in [1.54, 1.807) is 44.0 Å². The Morgan fingerprint density at radius 2 is 1.89 bits per heavy atom. The summed E-state index contributed by atoms with van der Waals surface area (Å²) in [4.78, 5) is 17.7. The van der Waals surface area contributed by atoms with Crippen molar-refractivity contribution in [1.29, 1.82) is 0 Å². The van der Waals surface area contributed by atoms with Gasteiger partial charge in [-0.25, -0.2) is 18.2 Å². The van der Waals surface area contributed by atoms with Crippen LogP contribution in [0.5, 0.6) is 0 Å². The maximum atomic E-state index is 13.3. The minimum atomic E-state index is -3.56. The maximum Gasteiger partial charge on any atom is 0.407 e. The van der Waals surface area contributed by atoms with E-state index in [0.717, 1.165) is 35.6 Å². The van der Waals surface area contributed by atoms with Crippen molar-refractivity contribution in [3.05, 3.63) is 35.6 Å². The molecule has 0 radical (unpaired) electrons. The number of amides is 1. The van der Waals surface area contributed by atoms with Crippen LogP contribution in [0.3, 0.4) is 0 Å². The zero-order valence-electron chi connectivity index (χ0n) is 21.8. The maximum absolute atomic E-state index is 13.3. The van der Waals surface area contributed by atoms with Gasteiger partial charge in [0.05, 0.1) is 32.3 Å². The Morgan fingerprint density at radius 1 is 1.16 bits per heavy atom. The van der Waals surface area contributed by atoms with E-state index < -0.39 is 15.1 Å². The number of thiazole rings is 1. The van der Waals surface area contributed by atoms with Gasteiger partial charge in [0.25, 0.3) is 0 Å². The summed E-state index contributed by atoms with van der Waals surface area (Å²) >= 11 is 1.54. The minimum absolute atomic E-state index is 0.0964. The number of carbonyl (C=O) groups is 1. The van der Waals surface area contributed by atoms with Crippen LogP contribution in [0.1, 0.15) is 64.3 Å². The summed E-state index contributed by atoms with van der Waals surface area (Å²) in [7, 11) is -1.80. The number of sulfone groups is 1. The molecule has 2 aromatic heterocycles. The van der Waals surface area contributed by atoms with Gasteiger partial charge in [0.1, 0.15) is 0 Å². The molecule has 0 bridgehead atoms. The lowest BCUT2D eigenvalue weighted by molar-refractivity contribution is 0.109. The Bertz CT molecular complexity index is 1340. The highest BCUT2D eigenvalue weighted by molar-refractivity contribution is 7.92. The van der Waals surface area contributed by atoms with Crippen LogP contribution in [-0.4, -0.2) is 51.9 Å². The number of aromatic nitrogens is 4. The first-order chi connectivity index (χ1) is 17.5. The lowest BCUT2D eigenvalue weighted by atomic mass is 9.86. The fourth-order valence-corrected chi connectivity index (χ4v) is 6.82. The van der Waals surface area contributed by atoms with Crippen molar-refractivity contribution < 1.29 is 17.9 Å².